The number of nitrogens with zero attached hydrogens (tertiary/aromatic N) is 1. The van der Waals surface area contributed by atoms with Crippen molar-refractivity contribution < 1.29 is 0 Å². The molecule has 0 atom stereocenters. The van der Waals surface area contributed by atoms with E-state index in [-0.39, 0.29) is 0 Å². The Morgan fingerprint density at radius 1 is 1.05 bits per heavy atom. The summed E-state index contributed by atoms with van der Waals surface area (Å²) in [6, 6.07) is 18.2. The highest BCUT2D eigenvalue weighted by molar-refractivity contribution is 7.80. The molecule has 0 heterocycles. The van der Waals surface area contributed by atoms with E-state index in [9.17, 15) is 0 Å². The summed E-state index contributed by atoms with van der Waals surface area (Å²) in [7, 11) is 0. The number of benzene rings is 2. The van der Waals surface area contributed by atoms with Crippen LogP contribution in [0.1, 0.15) is 25.0 Å². The largest absolute Gasteiger partial charge is 0.331 e. The minimum absolute atomic E-state index is 0.302. The van der Waals surface area contributed by atoms with E-state index in [1.165, 1.54) is 5.56 Å². The van der Waals surface area contributed by atoms with Gasteiger partial charge >= 0.3 is 0 Å². The van der Waals surface area contributed by atoms with Gasteiger partial charge in [0.05, 0.1) is 5.71 Å². The Morgan fingerprint density at radius 3 is 2.41 bits per heavy atom. The van der Waals surface area contributed by atoms with Crippen LogP contribution in [0.3, 0.4) is 0 Å². The molecule has 114 valence electrons. The fraction of sp³-hybridized carbons (Fsp3) is 0.222. The zero-order chi connectivity index (χ0) is 15.9. The molecule has 2 rings (SSSR count). The molecular formula is C18H21N3S. The van der Waals surface area contributed by atoms with E-state index < -0.39 is 0 Å². The highest BCUT2D eigenvalue weighted by atomic mass is 32.1. The monoisotopic (exact) mass is 311 g/mol. The van der Waals surface area contributed by atoms with Crippen molar-refractivity contribution in [2.24, 2.45) is 11.0 Å². The summed E-state index contributed by atoms with van der Waals surface area (Å²) in [4.78, 5) is 0. The second-order valence-corrected chi connectivity index (χ2v) is 5.86. The number of rotatable bonds is 4. The molecule has 22 heavy (non-hydrogen) atoms. The van der Waals surface area contributed by atoms with E-state index in [0.29, 0.717) is 11.0 Å². The van der Waals surface area contributed by atoms with Gasteiger partial charge in [0.15, 0.2) is 5.11 Å². The van der Waals surface area contributed by atoms with E-state index >= 15 is 0 Å². The van der Waals surface area contributed by atoms with Crippen molar-refractivity contribution in [3.63, 3.8) is 0 Å². The predicted octanol–water partition coefficient (Wildman–Crippen LogP) is 4.34. The van der Waals surface area contributed by atoms with Crippen LogP contribution in [0.25, 0.3) is 0 Å². The molecule has 2 N–H and O–H groups in total. The van der Waals surface area contributed by atoms with E-state index in [1.807, 2.05) is 49.4 Å². The van der Waals surface area contributed by atoms with Gasteiger partial charge in [0.1, 0.15) is 0 Å². The van der Waals surface area contributed by atoms with Crippen molar-refractivity contribution in [1.82, 2.24) is 5.43 Å². The van der Waals surface area contributed by atoms with Crippen LogP contribution in [-0.4, -0.2) is 10.8 Å². The summed E-state index contributed by atoms with van der Waals surface area (Å²) >= 11 is 5.30. The van der Waals surface area contributed by atoms with Crippen molar-refractivity contribution >= 4 is 28.7 Å². The van der Waals surface area contributed by atoms with E-state index in [4.69, 9.17) is 12.2 Å². The Hall–Kier alpha value is -2.20. The van der Waals surface area contributed by atoms with Gasteiger partial charge in [-0.25, -0.2) is 0 Å². The second kappa shape index (κ2) is 7.71. The molecule has 0 aliphatic carbocycles. The number of hydrazone groups is 1. The summed E-state index contributed by atoms with van der Waals surface area (Å²) in [6.45, 7) is 6.28. The number of hydrogen-bond donors (Lipinski definition) is 2. The lowest BCUT2D eigenvalue weighted by Gasteiger charge is -2.12. The number of anilines is 1. The van der Waals surface area contributed by atoms with E-state index in [2.05, 4.69) is 41.8 Å². The van der Waals surface area contributed by atoms with Gasteiger partial charge in [0.2, 0.25) is 0 Å². The number of nitrogens with one attached hydrogen (secondary N) is 2. The van der Waals surface area contributed by atoms with Crippen LogP contribution in [0, 0.1) is 12.8 Å². The van der Waals surface area contributed by atoms with Crippen molar-refractivity contribution in [1.29, 1.82) is 0 Å². The molecule has 0 bridgehead atoms. The minimum atomic E-state index is 0.302. The first-order valence-electron chi connectivity index (χ1n) is 7.33. The predicted molar refractivity (Wildman–Crippen MR) is 98.4 cm³/mol. The third-order valence-corrected chi connectivity index (χ3v) is 3.36. The van der Waals surface area contributed by atoms with Crippen molar-refractivity contribution in [3.8, 4) is 0 Å². The maximum atomic E-state index is 5.30. The lowest BCUT2D eigenvalue weighted by molar-refractivity contribution is 0.861. The fourth-order valence-corrected chi connectivity index (χ4v) is 2.29. The van der Waals surface area contributed by atoms with E-state index in [1.54, 1.807) is 0 Å². The van der Waals surface area contributed by atoms with Crippen LogP contribution >= 0.6 is 12.2 Å². The molecule has 0 aliphatic heterocycles. The molecule has 0 spiro atoms. The summed E-state index contributed by atoms with van der Waals surface area (Å²) < 4.78 is 0. The van der Waals surface area contributed by atoms with Gasteiger partial charge in [-0.2, -0.15) is 5.10 Å². The lowest BCUT2D eigenvalue weighted by Crippen LogP contribution is -2.26. The van der Waals surface area contributed by atoms with Gasteiger partial charge in [0.25, 0.3) is 0 Å². The fourth-order valence-electron chi connectivity index (χ4n) is 2.13. The molecule has 0 aromatic heterocycles. The first-order chi connectivity index (χ1) is 10.6. The molecule has 0 saturated heterocycles. The zero-order valence-corrected chi connectivity index (χ0v) is 13.9. The molecule has 0 aliphatic rings. The molecule has 0 fully saturated rings. The molecule has 3 nitrogen and oxygen atoms in total. The van der Waals surface area contributed by atoms with Crippen LogP contribution in [0.15, 0.2) is 59.7 Å². The quantitative estimate of drug-likeness (QED) is 0.501. The second-order valence-electron chi connectivity index (χ2n) is 5.45. The van der Waals surface area contributed by atoms with Crippen LogP contribution in [0.5, 0.6) is 0 Å². The molecule has 2 aromatic rings. The molecule has 2 aromatic carbocycles. The summed E-state index contributed by atoms with van der Waals surface area (Å²) in [5, 5.41) is 8.10. The summed E-state index contributed by atoms with van der Waals surface area (Å²) in [5.41, 5.74) is 7.16. The van der Waals surface area contributed by atoms with Crippen LogP contribution in [0.4, 0.5) is 5.69 Å². The zero-order valence-electron chi connectivity index (χ0n) is 13.1. The summed E-state index contributed by atoms with van der Waals surface area (Å²) in [6.07, 6.45) is 0. The Labute approximate surface area is 137 Å². The Bertz CT molecular complexity index is 663. The number of aryl methyl sites for hydroxylation is 1. The normalized spacial score (nSPS) is 11.4. The molecular weight excluding hydrogens is 290 g/mol. The lowest BCUT2D eigenvalue weighted by atomic mass is 10.0. The third-order valence-electron chi connectivity index (χ3n) is 3.17. The molecule has 0 unspecified atom stereocenters. The topological polar surface area (TPSA) is 36.4 Å². The summed E-state index contributed by atoms with van der Waals surface area (Å²) in [5.74, 6) is 0.302. The smallest absolute Gasteiger partial charge is 0.191 e. The molecule has 0 saturated carbocycles. The SMILES string of the molecule is Cc1cccc(NC(=S)N/N=C(\c2ccccc2)C(C)C)c1. The van der Waals surface area contributed by atoms with Gasteiger partial charge in [-0.15, -0.1) is 0 Å². The maximum absolute atomic E-state index is 5.30. The Balaban J connectivity index is 2.06. The minimum Gasteiger partial charge on any atom is -0.331 e. The van der Waals surface area contributed by atoms with Crippen molar-refractivity contribution in [2.75, 3.05) is 5.32 Å². The van der Waals surface area contributed by atoms with Gasteiger partial charge in [-0.1, -0.05) is 56.3 Å². The molecule has 4 heteroatoms. The first kappa shape index (κ1) is 16.2. The average Bonchev–Trinajstić information content (AvgIpc) is 2.48. The van der Waals surface area contributed by atoms with Gasteiger partial charge in [-0.3, -0.25) is 5.43 Å². The number of thiocarbonyl (C=S) groups is 1. The maximum Gasteiger partial charge on any atom is 0.191 e. The average molecular weight is 311 g/mol. The Morgan fingerprint density at radius 2 is 1.77 bits per heavy atom. The van der Waals surface area contributed by atoms with E-state index in [0.717, 1.165) is 17.0 Å². The van der Waals surface area contributed by atoms with Crippen LogP contribution < -0.4 is 10.7 Å². The van der Waals surface area contributed by atoms with Gasteiger partial charge in [0, 0.05) is 5.69 Å². The highest BCUT2D eigenvalue weighted by Gasteiger charge is 2.08. The van der Waals surface area contributed by atoms with Crippen molar-refractivity contribution in [2.45, 2.75) is 20.8 Å². The highest BCUT2D eigenvalue weighted by Crippen LogP contribution is 2.10. The first-order valence-corrected chi connectivity index (χ1v) is 7.74. The molecule has 0 radical (unpaired) electrons. The van der Waals surface area contributed by atoms with Crippen LogP contribution in [-0.2, 0) is 0 Å². The Kier molecular flexibility index (Phi) is 5.67. The van der Waals surface area contributed by atoms with Gasteiger partial charge < -0.3 is 5.32 Å². The number of hydrogen-bond acceptors (Lipinski definition) is 2. The van der Waals surface area contributed by atoms with Gasteiger partial charge in [-0.05, 0) is 48.3 Å². The standard InChI is InChI=1S/C18H21N3S/c1-13(2)17(15-9-5-4-6-10-15)20-21-18(22)19-16-11-7-8-14(3)12-16/h4-13H,1-3H3,(H2,19,21,22)/b20-17-. The molecule has 0 amide bonds. The van der Waals surface area contributed by atoms with Crippen molar-refractivity contribution in [3.05, 3.63) is 65.7 Å². The third kappa shape index (κ3) is 4.67. The van der Waals surface area contributed by atoms with Crippen LogP contribution in [0.2, 0.25) is 0 Å².